The summed E-state index contributed by atoms with van der Waals surface area (Å²) in [5, 5.41) is 12.4. The maximum absolute atomic E-state index is 11.9. The van der Waals surface area contributed by atoms with E-state index in [2.05, 4.69) is 12.2 Å². The molecular formula is C13H23NO3. The molecule has 0 aromatic carbocycles. The minimum atomic E-state index is -0.401. The van der Waals surface area contributed by atoms with E-state index in [1.807, 2.05) is 0 Å². The van der Waals surface area contributed by atoms with Gasteiger partial charge in [-0.1, -0.05) is 19.8 Å². The Morgan fingerprint density at radius 1 is 1.41 bits per heavy atom. The maximum atomic E-state index is 11.9. The molecule has 2 rings (SSSR count). The van der Waals surface area contributed by atoms with Gasteiger partial charge in [0, 0.05) is 13.0 Å². The highest BCUT2D eigenvalue weighted by atomic mass is 16.5. The van der Waals surface area contributed by atoms with Gasteiger partial charge < -0.3 is 15.2 Å². The molecule has 4 heteroatoms. The topological polar surface area (TPSA) is 58.6 Å². The molecule has 2 fully saturated rings. The third-order valence-electron chi connectivity index (χ3n) is 3.99. The molecule has 2 aliphatic rings. The highest BCUT2D eigenvalue weighted by Crippen LogP contribution is 2.28. The van der Waals surface area contributed by atoms with Crippen LogP contribution in [0.15, 0.2) is 0 Å². The fourth-order valence-electron chi connectivity index (χ4n) is 2.86. The largest absolute Gasteiger partial charge is 0.461 e. The molecule has 0 spiro atoms. The Morgan fingerprint density at radius 2 is 2.24 bits per heavy atom. The number of carbonyl (C=O) groups excluding carboxylic acids is 1. The average molecular weight is 241 g/mol. The first-order valence-corrected chi connectivity index (χ1v) is 6.81. The molecule has 1 saturated heterocycles. The molecule has 0 aromatic heterocycles. The lowest BCUT2D eigenvalue weighted by Crippen LogP contribution is -2.36. The molecule has 1 aliphatic carbocycles. The summed E-state index contributed by atoms with van der Waals surface area (Å²) in [6.45, 7) is 2.70. The van der Waals surface area contributed by atoms with Crippen LogP contribution in [0.25, 0.3) is 0 Å². The molecule has 4 atom stereocenters. The Balaban J connectivity index is 1.78. The molecule has 0 aromatic rings. The van der Waals surface area contributed by atoms with Crippen molar-refractivity contribution in [3.05, 3.63) is 0 Å². The predicted octanol–water partition coefficient (Wildman–Crippen LogP) is 1.22. The van der Waals surface area contributed by atoms with Gasteiger partial charge >= 0.3 is 5.97 Å². The number of nitrogens with one attached hydrogen (secondary N) is 1. The number of hydrogen-bond acceptors (Lipinski definition) is 4. The minimum absolute atomic E-state index is 0.0979. The van der Waals surface area contributed by atoms with Crippen molar-refractivity contribution in [2.45, 2.75) is 63.7 Å². The smallest absolute Gasteiger partial charge is 0.323 e. The number of carbonyl (C=O) groups is 1. The van der Waals surface area contributed by atoms with E-state index in [-0.39, 0.29) is 18.1 Å². The van der Waals surface area contributed by atoms with Crippen LogP contribution in [0.5, 0.6) is 0 Å². The van der Waals surface area contributed by atoms with Crippen LogP contribution < -0.4 is 5.32 Å². The zero-order valence-electron chi connectivity index (χ0n) is 10.5. The van der Waals surface area contributed by atoms with Gasteiger partial charge in [-0.2, -0.15) is 0 Å². The van der Waals surface area contributed by atoms with Crippen LogP contribution in [-0.4, -0.2) is 35.9 Å². The van der Waals surface area contributed by atoms with Crippen LogP contribution in [-0.2, 0) is 9.53 Å². The van der Waals surface area contributed by atoms with E-state index in [0.717, 1.165) is 19.3 Å². The van der Waals surface area contributed by atoms with E-state index >= 15 is 0 Å². The molecule has 98 valence electrons. The fraction of sp³-hybridized carbons (Fsp3) is 0.923. The SMILES string of the molecule is CCC1CCCC(OC(=O)[C@H]2C[C@@H](O)CN2)C1. The number of hydrogen-bond donors (Lipinski definition) is 2. The summed E-state index contributed by atoms with van der Waals surface area (Å²) in [5.41, 5.74) is 0. The highest BCUT2D eigenvalue weighted by Gasteiger charge is 2.32. The van der Waals surface area contributed by atoms with E-state index in [0.29, 0.717) is 18.9 Å². The van der Waals surface area contributed by atoms with E-state index in [9.17, 15) is 9.90 Å². The maximum Gasteiger partial charge on any atom is 0.323 e. The van der Waals surface area contributed by atoms with Crippen LogP contribution in [0.3, 0.4) is 0 Å². The van der Waals surface area contributed by atoms with Crippen molar-refractivity contribution in [3.63, 3.8) is 0 Å². The average Bonchev–Trinajstić information content (AvgIpc) is 2.76. The second kappa shape index (κ2) is 5.83. The zero-order chi connectivity index (χ0) is 12.3. The quantitative estimate of drug-likeness (QED) is 0.729. The molecule has 0 radical (unpaired) electrons. The summed E-state index contributed by atoms with van der Waals surface area (Å²) in [6, 6.07) is -0.299. The van der Waals surface area contributed by atoms with Crippen LogP contribution in [0.2, 0.25) is 0 Å². The van der Waals surface area contributed by atoms with Gasteiger partial charge in [0.05, 0.1) is 6.10 Å². The summed E-state index contributed by atoms with van der Waals surface area (Å²) in [5.74, 6) is 0.534. The lowest BCUT2D eigenvalue weighted by Gasteiger charge is -2.28. The van der Waals surface area contributed by atoms with E-state index in [4.69, 9.17) is 4.74 Å². The van der Waals surface area contributed by atoms with Crippen molar-refractivity contribution in [1.82, 2.24) is 5.32 Å². The fourth-order valence-corrected chi connectivity index (χ4v) is 2.86. The third-order valence-corrected chi connectivity index (χ3v) is 3.99. The van der Waals surface area contributed by atoms with Crippen LogP contribution in [0.1, 0.15) is 45.4 Å². The normalized spacial score (nSPS) is 38.0. The molecule has 2 unspecified atom stereocenters. The summed E-state index contributed by atoms with van der Waals surface area (Å²) < 4.78 is 5.54. The van der Waals surface area contributed by atoms with E-state index in [1.165, 1.54) is 12.8 Å². The number of ether oxygens (including phenoxy) is 1. The number of aliphatic hydroxyl groups is 1. The molecule has 0 bridgehead atoms. The summed E-state index contributed by atoms with van der Waals surface area (Å²) in [4.78, 5) is 11.9. The van der Waals surface area contributed by atoms with Gasteiger partial charge in [0.15, 0.2) is 0 Å². The van der Waals surface area contributed by atoms with Crippen LogP contribution >= 0.6 is 0 Å². The lowest BCUT2D eigenvalue weighted by atomic mass is 9.85. The van der Waals surface area contributed by atoms with Gasteiger partial charge in [-0.25, -0.2) is 0 Å². The highest BCUT2D eigenvalue weighted by molar-refractivity contribution is 5.76. The van der Waals surface area contributed by atoms with Crippen molar-refractivity contribution in [3.8, 4) is 0 Å². The van der Waals surface area contributed by atoms with Gasteiger partial charge in [0.1, 0.15) is 12.1 Å². The summed E-state index contributed by atoms with van der Waals surface area (Å²) in [6.07, 6.45) is 5.80. The molecular weight excluding hydrogens is 218 g/mol. The van der Waals surface area contributed by atoms with Crippen LogP contribution in [0, 0.1) is 5.92 Å². The Hall–Kier alpha value is -0.610. The van der Waals surface area contributed by atoms with Gasteiger partial charge in [0.2, 0.25) is 0 Å². The Bertz CT molecular complexity index is 269. The molecule has 1 saturated carbocycles. The predicted molar refractivity (Wildman–Crippen MR) is 64.5 cm³/mol. The van der Waals surface area contributed by atoms with Crippen molar-refractivity contribution in [2.24, 2.45) is 5.92 Å². The molecule has 17 heavy (non-hydrogen) atoms. The number of β-amino-alcohol motifs (C(OH)–C–C–N with tert-alkyl or cyclic N) is 1. The third kappa shape index (κ3) is 3.42. The van der Waals surface area contributed by atoms with E-state index in [1.54, 1.807) is 0 Å². The first-order valence-electron chi connectivity index (χ1n) is 6.81. The second-order valence-corrected chi connectivity index (χ2v) is 5.35. The van der Waals surface area contributed by atoms with Gasteiger partial charge in [-0.3, -0.25) is 4.79 Å². The summed E-state index contributed by atoms with van der Waals surface area (Å²) >= 11 is 0. The first kappa shape index (κ1) is 12.8. The minimum Gasteiger partial charge on any atom is -0.461 e. The molecule has 0 amide bonds. The van der Waals surface area contributed by atoms with Crippen molar-refractivity contribution in [2.75, 3.05) is 6.54 Å². The van der Waals surface area contributed by atoms with Gasteiger partial charge in [0.25, 0.3) is 0 Å². The van der Waals surface area contributed by atoms with Gasteiger partial charge in [-0.05, 0) is 25.2 Å². The monoisotopic (exact) mass is 241 g/mol. The second-order valence-electron chi connectivity index (χ2n) is 5.35. The molecule has 4 nitrogen and oxygen atoms in total. The molecule has 1 aliphatic heterocycles. The zero-order valence-corrected chi connectivity index (χ0v) is 10.5. The number of esters is 1. The number of rotatable bonds is 3. The van der Waals surface area contributed by atoms with Crippen molar-refractivity contribution < 1.29 is 14.6 Å². The van der Waals surface area contributed by atoms with Gasteiger partial charge in [-0.15, -0.1) is 0 Å². The Kier molecular flexibility index (Phi) is 4.40. The molecule has 1 heterocycles. The number of aliphatic hydroxyl groups excluding tert-OH is 1. The Morgan fingerprint density at radius 3 is 2.88 bits per heavy atom. The van der Waals surface area contributed by atoms with Crippen molar-refractivity contribution in [1.29, 1.82) is 0 Å². The standard InChI is InChI=1S/C13H23NO3/c1-2-9-4-3-5-11(6-9)17-13(16)12-7-10(15)8-14-12/h9-12,14-15H,2-8H2,1H3/t9?,10-,11?,12-/m1/s1. The van der Waals surface area contributed by atoms with Crippen LogP contribution in [0.4, 0.5) is 0 Å². The Labute approximate surface area is 103 Å². The summed E-state index contributed by atoms with van der Waals surface area (Å²) in [7, 11) is 0. The lowest BCUT2D eigenvalue weighted by molar-refractivity contribution is -0.153. The van der Waals surface area contributed by atoms with Crippen molar-refractivity contribution >= 4 is 5.97 Å². The van der Waals surface area contributed by atoms with E-state index < -0.39 is 6.10 Å². The molecule has 2 N–H and O–H groups in total. The first-order chi connectivity index (χ1) is 8.19.